The molecule has 0 atom stereocenters. The lowest BCUT2D eigenvalue weighted by Gasteiger charge is -2.34. The van der Waals surface area contributed by atoms with Gasteiger partial charge in [0.2, 0.25) is 0 Å². The summed E-state index contributed by atoms with van der Waals surface area (Å²) in [6.07, 6.45) is 0. The van der Waals surface area contributed by atoms with Gasteiger partial charge in [-0.2, -0.15) is 0 Å². The molecule has 16 heavy (non-hydrogen) atoms. The zero-order chi connectivity index (χ0) is 12.9. The first-order valence-corrected chi connectivity index (χ1v) is 6.88. The second-order valence-corrected chi connectivity index (χ2v) is 6.06. The Morgan fingerprint density at radius 2 is 1.12 bits per heavy atom. The molecule has 0 aliphatic carbocycles. The molecule has 0 bridgehead atoms. The Hall–Kier alpha value is -0.0800. The fourth-order valence-electron chi connectivity index (χ4n) is 2.61. The fourth-order valence-corrected chi connectivity index (χ4v) is 2.61. The van der Waals surface area contributed by atoms with E-state index in [1.807, 2.05) is 0 Å². The largest absolute Gasteiger partial charge is 0.330 e. The summed E-state index contributed by atoms with van der Waals surface area (Å²) >= 11 is 0. The highest BCUT2D eigenvalue weighted by atomic mass is 15.2. The number of hydrogen-bond acceptors (Lipinski definition) is 1. The topological polar surface area (TPSA) is 7.68 Å². The average molecular weight is 229 g/mol. The summed E-state index contributed by atoms with van der Waals surface area (Å²) in [4.78, 5) is 4.30. The molecular formula is C14H33N2+. The minimum absolute atomic E-state index is 0.653. The van der Waals surface area contributed by atoms with Crippen LogP contribution in [0.3, 0.4) is 0 Å². The molecule has 0 spiro atoms. The van der Waals surface area contributed by atoms with Crippen molar-refractivity contribution in [2.75, 3.05) is 13.1 Å². The second kappa shape index (κ2) is 7.29. The van der Waals surface area contributed by atoms with E-state index in [0.717, 1.165) is 12.1 Å². The molecule has 0 saturated heterocycles. The van der Waals surface area contributed by atoms with Crippen molar-refractivity contribution in [2.45, 2.75) is 79.6 Å². The van der Waals surface area contributed by atoms with Crippen molar-refractivity contribution in [1.82, 2.24) is 4.90 Å². The third-order valence-corrected chi connectivity index (χ3v) is 3.47. The van der Waals surface area contributed by atoms with Gasteiger partial charge in [-0.25, -0.2) is 0 Å². The maximum atomic E-state index is 2.59. The molecule has 0 aromatic rings. The second-order valence-electron chi connectivity index (χ2n) is 6.06. The summed E-state index contributed by atoms with van der Waals surface area (Å²) in [6, 6.07) is 2.75. The van der Waals surface area contributed by atoms with Crippen molar-refractivity contribution in [3.8, 4) is 0 Å². The average Bonchev–Trinajstić information content (AvgIpc) is 2.09. The normalized spacial score (nSPS) is 13.1. The summed E-state index contributed by atoms with van der Waals surface area (Å²) in [5, 5.41) is 0. The van der Waals surface area contributed by atoms with Gasteiger partial charge in [0.1, 0.15) is 0 Å². The van der Waals surface area contributed by atoms with Gasteiger partial charge in [0, 0.05) is 18.6 Å². The molecule has 0 rings (SSSR count). The molecule has 2 nitrogen and oxygen atoms in total. The summed E-state index contributed by atoms with van der Waals surface area (Å²) < 4.78 is 0. The lowest BCUT2D eigenvalue weighted by Crippen LogP contribution is -3.18. The van der Waals surface area contributed by atoms with E-state index in [2.05, 4.69) is 60.3 Å². The Labute approximate surface area is 103 Å². The predicted octanol–water partition coefficient (Wildman–Crippen LogP) is 1.81. The maximum absolute atomic E-state index is 2.59. The van der Waals surface area contributed by atoms with Gasteiger partial charge >= 0.3 is 0 Å². The van der Waals surface area contributed by atoms with Crippen LogP contribution in [0.2, 0.25) is 0 Å². The Morgan fingerprint density at radius 3 is 1.38 bits per heavy atom. The quantitative estimate of drug-likeness (QED) is 0.699. The van der Waals surface area contributed by atoms with Gasteiger partial charge in [0.25, 0.3) is 0 Å². The van der Waals surface area contributed by atoms with Crippen LogP contribution in [0, 0.1) is 0 Å². The third-order valence-electron chi connectivity index (χ3n) is 3.47. The zero-order valence-corrected chi connectivity index (χ0v) is 12.7. The van der Waals surface area contributed by atoms with Crippen molar-refractivity contribution in [3.63, 3.8) is 0 Å². The van der Waals surface area contributed by atoms with E-state index < -0.39 is 0 Å². The fraction of sp³-hybridized carbons (Fsp3) is 1.00. The monoisotopic (exact) mass is 229 g/mol. The highest BCUT2D eigenvalue weighted by Crippen LogP contribution is 2.02. The third kappa shape index (κ3) is 5.31. The van der Waals surface area contributed by atoms with E-state index in [9.17, 15) is 0 Å². The van der Waals surface area contributed by atoms with Crippen LogP contribution in [0.15, 0.2) is 0 Å². The van der Waals surface area contributed by atoms with Crippen molar-refractivity contribution < 1.29 is 4.90 Å². The van der Waals surface area contributed by atoms with E-state index in [0.29, 0.717) is 12.1 Å². The van der Waals surface area contributed by atoms with E-state index in [4.69, 9.17) is 0 Å². The smallest absolute Gasteiger partial charge is 0.0904 e. The minimum atomic E-state index is 0.653. The Morgan fingerprint density at radius 1 is 0.750 bits per heavy atom. The van der Waals surface area contributed by atoms with Crippen LogP contribution in [-0.4, -0.2) is 42.2 Å². The van der Waals surface area contributed by atoms with Crippen LogP contribution in [0.25, 0.3) is 0 Å². The maximum Gasteiger partial charge on any atom is 0.0904 e. The first-order valence-electron chi connectivity index (χ1n) is 6.88. The van der Waals surface area contributed by atoms with E-state index in [1.165, 1.54) is 13.1 Å². The van der Waals surface area contributed by atoms with Crippen molar-refractivity contribution in [3.05, 3.63) is 0 Å². The summed E-state index contributed by atoms with van der Waals surface area (Å²) in [5.41, 5.74) is 0. The highest BCUT2D eigenvalue weighted by Gasteiger charge is 2.20. The molecule has 0 radical (unpaired) electrons. The number of hydrogen-bond donors (Lipinski definition) is 1. The van der Waals surface area contributed by atoms with Crippen molar-refractivity contribution in [2.24, 2.45) is 0 Å². The molecule has 98 valence electrons. The van der Waals surface area contributed by atoms with Gasteiger partial charge in [-0.3, -0.25) is 4.90 Å². The van der Waals surface area contributed by atoms with E-state index >= 15 is 0 Å². The van der Waals surface area contributed by atoms with Crippen LogP contribution in [0.4, 0.5) is 0 Å². The molecule has 0 aromatic heterocycles. The van der Waals surface area contributed by atoms with Crippen LogP contribution in [-0.2, 0) is 0 Å². The Bertz CT molecular complexity index is 138. The van der Waals surface area contributed by atoms with Gasteiger partial charge < -0.3 is 4.90 Å². The predicted molar refractivity (Wildman–Crippen MR) is 73.1 cm³/mol. The molecule has 0 aliphatic rings. The van der Waals surface area contributed by atoms with Gasteiger partial charge in [0.05, 0.1) is 18.6 Å². The lowest BCUT2D eigenvalue weighted by atomic mass is 10.2. The summed E-state index contributed by atoms with van der Waals surface area (Å²) in [5.74, 6) is 0. The van der Waals surface area contributed by atoms with Crippen LogP contribution < -0.4 is 4.90 Å². The minimum Gasteiger partial charge on any atom is -0.330 e. The molecule has 0 amide bonds. The molecule has 0 aliphatic heterocycles. The standard InChI is InChI=1S/C14H32N2/c1-11(2)15(12(3)4)9-10-16(13(5)6)14(7)8/h11-14H,9-10H2,1-8H3/p+1. The summed E-state index contributed by atoms with van der Waals surface area (Å²) in [6.45, 7) is 20.9. The Kier molecular flexibility index (Phi) is 7.25. The van der Waals surface area contributed by atoms with Gasteiger partial charge in [-0.15, -0.1) is 0 Å². The molecular weight excluding hydrogens is 196 g/mol. The molecule has 0 fully saturated rings. The first kappa shape index (κ1) is 15.9. The van der Waals surface area contributed by atoms with E-state index in [-0.39, 0.29) is 0 Å². The molecule has 0 aromatic carbocycles. The van der Waals surface area contributed by atoms with Crippen molar-refractivity contribution in [1.29, 1.82) is 0 Å². The van der Waals surface area contributed by atoms with Gasteiger partial charge in [-0.05, 0) is 55.4 Å². The molecule has 0 heterocycles. The van der Waals surface area contributed by atoms with Gasteiger partial charge in [-0.1, -0.05) is 0 Å². The Balaban J connectivity index is 4.27. The zero-order valence-electron chi connectivity index (χ0n) is 12.7. The summed E-state index contributed by atoms with van der Waals surface area (Å²) in [7, 11) is 0. The lowest BCUT2D eigenvalue weighted by molar-refractivity contribution is -0.941. The SMILES string of the molecule is CC(C)N(CC[NH+](C(C)C)C(C)C)C(C)C. The van der Waals surface area contributed by atoms with Crippen LogP contribution in [0.5, 0.6) is 0 Å². The van der Waals surface area contributed by atoms with Gasteiger partial charge in [0.15, 0.2) is 0 Å². The van der Waals surface area contributed by atoms with Crippen LogP contribution in [0.1, 0.15) is 55.4 Å². The number of nitrogens with zero attached hydrogens (tertiary/aromatic N) is 1. The van der Waals surface area contributed by atoms with Crippen LogP contribution >= 0.6 is 0 Å². The number of rotatable bonds is 7. The number of quaternary nitrogens is 1. The highest BCUT2D eigenvalue weighted by molar-refractivity contribution is 4.66. The van der Waals surface area contributed by atoms with Crippen molar-refractivity contribution >= 4 is 0 Å². The molecule has 1 N–H and O–H groups in total. The van der Waals surface area contributed by atoms with E-state index in [1.54, 1.807) is 4.90 Å². The first-order chi connectivity index (χ1) is 7.27. The number of nitrogens with one attached hydrogen (secondary N) is 1. The molecule has 2 heteroatoms. The molecule has 0 saturated carbocycles. The molecule has 0 unspecified atom stereocenters.